The Bertz CT molecular complexity index is 1170. The van der Waals surface area contributed by atoms with E-state index in [0.717, 1.165) is 36.0 Å². The van der Waals surface area contributed by atoms with Crippen molar-refractivity contribution in [3.05, 3.63) is 59.1 Å². The molecule has 4 heterocycles. The SMILES string of the molecule is CCC[C@H]1C(=O)Nc2c(C)nc(CCc3cnn(Cc4ccc(C(F)(F)F)nc4)c3)nc2N1C. The number of pyridine rings is 1. The molecule has 3 aromatic rings. The van der Waals surface area contributed by atoms with Gasteiger partial charge in [-0.3, -0.25) is 14.5 Å². The number of rotatable bonds is 7. The van der Waals surface area contributed by atoms with Crippen molar-refractivity contribution < 1.29 is 18.0 Å². The van der Waals surface area contributed by atoms with Crippen molar-refractivity contribution in [2.24, 2.45) is 0 Å². The van der Waals surface area contributed by atoms with Crippen molar-refractivity contribution in [1.82, 2.24) is 24.7 Å². The molecule has 34 heavy (non-hydrogen) atoms. The second kappa shape index (κ2) is 9.40. The van der Waals surface area contributed by atoms with E-state index in [-0.39, 0.29) is 11.9 Å². The first-order valence-corrected chi connectivity index (χ1v) is 11.1. The van der Waals surface area contributed by atoms with Crippen LogP contribution in [0.4, 0.5) is 24.7 Å². The van der Waals surface area contributed by atoms with Crippen LogP contribution in [0.15, 0.2) is 30.7 Å². The van der Waals surface area contributed by atoms with E-state index in [2.05, 4.69) is 20.4 Å². The lowest BCUT2D eigenvalue weighted by Gasteiger charge is -2.34. The Morgan fingerprint density at radius 3 is 2.59 bits per heavy atom. The monoisotopic (exact) mass is 473 g/mol. The zero-order valence-electron chi connectivity index (χ0n) is 19.2. The number of hydrogen-bond acceptors (Lipinski definition) is 6. The summed E-state index contributed by atoms with van der Waals surface area (Å²) < 4.78 is 39.7. The number of amides is 1. The topological polar surface area (TPSA) is 88.8 Å². The fourth-order valence-electron chi connectivity index (χ4n) is 4.01. The van der Waals surface area contributed by atoms with Gasteiger partial charge in [-0.25, -0.2) is 9.97 Å². The van der Waals surface area contributed by atoms with E-state index in [1.54, 1.807) is 10.9 Å². The van der Waals surface area contributed by atoms with Crippen molar-refractivity contribution >= 4 is 17.4 Å². The van der Waals surface area contributed by atoms with E-state index in [9.17, 15) is 18.0 Å². The Labute approximate surface area is 195 Å². The molecule has 0 aromatic carbocycles. The average molecular weight is 474 g/mol. The van der Waals surface area contributed by atoms with Crippen LogP contribution in [0.2, 0.25) is 0 Å². The largest absolute Gasteiger partial charge is 0.433 e. The summed E-state index contributed by atoms with van der Waals surface area (Å²) in [5, 5.41) is 7.25. The number of nitrogens with zero attached hydrogens (tertiary/aromatic N) is 6. The number of alkyl halides is 3. The normalized spacial score (nSPS) is 15.9. The number of carbonyl (C=O) groups excluding carboxylic acids is 1. The number of fused-ring (bicyclic) bond motifs is 1. The highest BCUT2D eigenvalue weighted by Gasteiger charge is 2.33. The Kier molecular flexibility index (Phi) is 6.54. The van der Waals surface area contributed by atoms with Gasteiger partial charge in [0.1, 0.15) is 23.2 Å². The highest BCUT2D eigenvalue weighted by molar-refractivity contribution is 6.03. The Morgan fingerprint density at radius 1 is 1.12 bits per heavy atom. The van der Waals surface area contributed by atoms with Gasteiger partial charge in [-0.15, -0.1) is 0 Å². The van der Waals surface area contributed by atoms with E-state index in [1.807, 2.05) is 32.0 Å². The molecule has 0 bridgehead atoms. The molecule has 0 fully saturated rings. The molecule has 8 nitrogen and oxygen atoms in total. The molecule has 1 atom stereocenters. The molecule has 1 amide bonds. The third-order valence-corrected chi connectivity index (χ3v) is 5.82. The van der Waals surface area contributed by atoms with E-state index in [0.29, 0.717) is 36.5 Å². The zero-order chi connectivity index (χ0) is 24.5. The molecule has 0 radical (unpaired) electrons. The lowest BCUT2D eigenvalue weighted by atomic mass is 10.1. The van der Waals surface area contributed by atoms with E-state index < -0.39 is 11.9 Å². The minimum Gasteiger partial charge on any atom is -0.346 e. The van der Waals surface area contributed by atoms with Gasteiger partial charge in [-0.2, -0.15) is 18.3 Å². The van der Waals surface area contributed by atoms with Gasteiger partial charge in [0.15, 0.2) is 5.82 Å². The fourth-order valence-corrected chi connectivity index (χ4v) is 4.01. The van der Waals surface area contributed by atoms with Gasteiger partial charge >= 0.3 is 6.18 Å². The molecule has 0 saturated heterocycles. The zero-order valence-corrected chi connectivity index (χ0v) is 19.2. The van der Waals surface area contributed by atoms with Crippen LogP contribution in [0.1, 0.15) is 48.1 Å². The van der Waals surface area contributed by atoms with Crippen LogP contribution in [0, 0.1) is 6.92 Å². The number of hydrogen-bond donors (Lipinski definition) is 1. The summed E-state index contributed by atoms with van der Waals surface area (Å²) in [6.07, 6.45) is 3.22. The number of aryl methyl sites for hydroxylation is 3. The average Bonchev–Trinajstić information content (AvgIpc) is 3.23. The maximum Gasteiger partial charge on any atom is 0.433 e. The van der Waals surface area contributed by atoms with Crippen LogP contribution in [-0.2, 0) is 30.4 Å². The molecule has 0 saturated carbocycles. The van der Waals surface area contributed by atoms with Crippen LogP contribution in [0.3, 0.4) is 0 Å². The molecular formula is C23H26F3N7O. The Balaban J connectivity index is 1.42. The third kappa shape index (κ3) is 5.02. The summed E-state index contributed by atoms with van der Waals surface area (Å²) in [6, 6.07) is 2.12. The Morgan fingerprint density at radius 2 is 1.91 bits per heavy atom. The van der Waals surface area contributed by atoms with E-state index in [1.165, 1.54) is 12.3 Å². The van der Waals surface area contributed by atoms with Gasteiger partial charge in [-0.05, 0) is 37.0 Å². The molecule has 0 aliphatic carbocycles. The molecule has 1 N–H and O–H groups in total. The smallest absolute Gasteiger partial charge is 0.346 e. The van der Waals surface area contributed by atoms with Gasteiger partial charge in [0.05, 0.1) is 18.4 Å². The number of aromatic nitrogens is 5. The first-order chi connectivity index (χ1) is 16.2. The Hall–Kier alpha value is -3.50. The number of carbonyl (C=O) groups is 1. The van der Waals surface area contributed by atoms with Crippen molar-refractivity contribution in [2.75, 3.05) is 17.3 Å². The third-order valence-electron chi connectivity index (χ3n) is 5.82. The van der Waals surface area contributed by atoms with Crippen molar-refractivity contribution in [3.63, 3.8) is 0 Å². The number of halogens is 3. The van der Waals surface area contributed by atoms with Gasteiger partial charge in [0, 0.05) is 25.9 Å². The predicted molar refractivity (Wildman–Crippen MR) is 120 cm³/mol. The second-order valence-corrected chi connectivity index (χ2v) is 8.42. The molecule has 11 heteroatoms. The molecule has 1 aliphatic rings. The standard InChI is InChI=1S/C23H26F3N7O/c1-4-5-17-22(34)31-20-14(2)29-19(30-21(20)32(17)3)9-7-16-11-28-33(13-16)12-15-6-8-18(27-10-15)23(24,25)26/h6,8,10-11,13,17H,4-5,7,9,12H2,1-3H3,(H,31,34)/t17-/m0/s1. The molecule has 0 spiro atoms. The van der Waals surface area contributed by atoms with Gasteiger partial charge in [0.25, 0.3) is 0 Å². The number of nitrogens with one attached hydrogen (secondary N) is 1. The summed E-state index contributed by atoms with van der Waals surface area (Å²) in [5.41, 5.74) is 2.05. The number of likely N-dealkylation sites (N-methyl/N-ethyl adjacent to an activating group) is 1. The first kappa shape index (κ1) is 23.7. The summed E-state index contributed by atoms with van der Waals surface area (Å²) in [4.78, 5) is 27.1. The summed E-state index contributed by atoms with van der Waals surface area (Å²) >= 11 is 0. The minimum absolute atomic E-state index is 0.0352. The molecule has 180 valence electrons. The maximum atomic E-state index is 12.7. The summed E-state index contributed by atoms with van der Waals surface area (Å²) in [5.74, 6) is 1.37. The van der Waals surface area contributed by atoms with Crippen LogP contribution >= 0.6 is 0 Å². The van der Waals surface area contributed by atoms with Crippen molar-refractivity contribution in [3.8, 4) is 0 Å². The van der Waals surface area contributed by atoms with Crippen molar-refractivity contribution in [1.29, 1.82) is 0 Å². The lowest BCUT2D eigenvalue weighted by molar-refractivity contribution is -0.141. The maximum absolute atomic E-state index is 12.7. The molecular weight excluding hydrogens is 447 g/mol. The van der Waals surface area contributed by atoms with Crippen molar-refractivity contribution in [2.45, 2.75) is 58.3 Å². The van der Waals surface area contributed by atoms with E-state index in [4.69, 9.17) is 4.98 Å². The van der Waals surface area contributed by atoms with Crippen LogP contribution in [0.5, 0.6) is 0 Å². The quantitative estimate of drug-likeness (QED) is 0.562. The summed E-state index contributed by atoms with van der Waals surface area (Å²) in [7, 11) is 1.88. The minimum atomic E-state index is -4.45. The molecule has 3 aromatic heterocycles. The molecule has 1 aliphatic heterocycles. The molecule has 4 rings (SSSR count). The predicted octanol–water partition coefficient (Wildman–Crippen LogP) is 3.79. The van der Waals surface area contributed by atoms with Crippen LogP contribution < -0.4 is 10.2 Å². The van der Waals surface area contributed by atoms with Gasteiger partial charge in [-0.1, -0.05) is 19.4 Å². The molecule has 0 unspecified atom stereocenters. The summed E-state index contributed by atoms with van der Waals surface area (Å²) in [6.45, 7) is 4.22. The van der Waals surface area contributed by atoms with Gasteiger partial charge < -0.3 is 10.2 Å². The van der Waals surface area contributed by atoms with E-state index >= 15 is 0 Å². The first-order valence-electron chi connectivity index (χ1n) is 11.1. The van der Waals surface area contributed by atoms with Crippen LogP contribution in [0.25, 0.3) is 0 Å². The second-order valence-electron chi connectivity index (χ2n) is 8.42. The lowest BCUT2D eigenvalue weighted by Crippen LogP contribution is -2.46. The van der Waals surface area contributed by atoms with Crippen LogP contribution in [-0.4, -0.2) is 43.7 Å². The van der Waals surface area contributed by atoms with Gasteiger partial charge in [0.2, 0.25) is 5.91 Å². The highest BCUT2D eigenvalue weighted by Crippen LogP contribution is 2.32. The highest BCUT2D eigenvalue weighted by atomic mass is 19.4. The number of anilines is 2. The fraction of sp³-hybridized carbons (Fsp3) is 0.435.